The summed E-state index contributed by atoms with van der Waals surface area (Å²) in [7, 11) is -2.47. The summed E-state index contributed by atoms with van der Waals surface area (Å²) in [6, 6.07) is 20.6. The van der Waals surface area contributed by atoms with Gasteiger partial charge in [0.1, 0.15) is 10.6 Å². The topological polar surface area (TPSA) is 87.7 Å². The van der Waals surface area contributed by atoms with Gasteiger partial charge in [-0.25, -0.2) is 8.42 Å². The molecular weight excluding hydrogens is 426 g/mol. The van der Waals surface area contributed by atoms with E-state index in [0.29, 0.717) is 28.4 Å². The maximum absolute atomic E-state index is 13.4. The second-order valence-electron chi connectivity index (χ2n) is 7.50. The highest BCUT2D eigenvalue weighted by atomic mass is 32.2. The molecule has 1 aliphatic rings. The maximum atomic E-state index is 13.4. The molecule has 0 radical (unpaired) electrons. The lowest BCUT2D eigenvalue weighted by Gasteiger charge is -2.23. The number of rotatable bonds is 7. The molecule has 0 atom stereocenters. The molecule has 0 aromatic heterocycles. The fourth-order valence-corrected chi connectivity index (χ4v) is 5.07. The van der Waals surface area contributed by atoms with Gasteiger partial charge >= 0.3 is 0 Å². The standard InChI is InChI=1S/C24H25N3O4S/c1-31-22-12-6-5-11-20(22)26-32(29,30)23-17-19(13-14-21(23)27-15-7-8-16-27)25-24(28)18-9-3-2-4-10-18/h2-6,9-14,17,26H,7-8,15-16H2,1H3,(H,25,28). The van der Waals surface area contributed by atoms with Crippen LogP contribution in [-0.2, 0) is 10.0 Å². The van der Waals surface area contributed by atoms with Crippen LogP contribution < -0.4 is 19.7 Å². The van der Waals surface area contributed by atoms with Crippen molar-refractivity contribution >= 4 is 33.0 Å². The van der Waals surface area contributed by atoms with E-state index in [-0.39, 0.29) is 10.8 Å². The number of methoxy groups -OCH3 is 1. The predicted octanol–water partition coefficient (Wildman–Crippen LogP) is 4.35. The van der Waals surface area contributed by atoms with Crippen LogP contribution in [-0.4, -0.2) is 34.5 Å². The lowest BCUT2D eigenvalue weighted by molar-refractivity contribution is 0.102. The first kappa shape index (κ1) is 21.7. The molecule has 2 N–H and O–H groups in total. The Morgan fingerprint density at radius 3 is 2.34 bits per heavy atom. The third-order valence-electron chi connectivity index (χ3n) is 5.34. The first-order chi connectivity index (χ1) is 15.5. The number of ether oxygens (including phenoxy) is 1. The van der Waals surface area contributed by atoms with Gasteiger partial charge in [0.2, 0.25) is 0 Å². The molecule has 0 saturated carbocycles. The van der Waals surface area contributed by atoms with Crippen LogP contribution in [0.15, 0.2) is 77.7 Å². The molecular formula is C24H25N3O4S. The van der Waals surface area contributed by atoms with Gasteiger partial charge in [-0.1, -0.05) is 30.3 Å². The van der Waals surface area contributed by atoms with Crippen LogP contribution in [0.1, 0.15) is 23.2 Å². The van der Waals surface area contributed by atoms with Crippen molar-refractivity contribution in [1.82, 2.24) is 0 Å². The predicted molar refractivity (Wildman–Crippen MR) is 126 cm³/mol. The van der Waals surface area contributed by atoms with Gasteiger partial charge in [-0.2, -0.15) is 0 Å². The number of para-hydroxylation sites is 2. The number of nitrogens with zero attached hydrogens (tertiary/aromatic N) is 1. The van der Waals surface area contributed by atoms with E-state index in [0.717, 1.165) is 25.9 Å². The summed E-state index contributed by atoms with van der Waals surface area (Å²) in [4.78, 5) is 14.8. The fourth-order valence-electron chi connectivity index (χ4n) is 3.75. The molecule has 0 unspecified atom stereocenters. The number of sulfonamides is 1. The first-order valence-electron chi connectivity index (χ1n) is 10.4. The number of benzene rings is 3. The van der Waals surface area contributed by atoms with E-state index in [2.05, 4.69) is 14.9 Å². The van der Waals surface area contributed by atoms with Crippen LogP contribution >= 0.6 is 0 Å². The smallest absolute Gasteiger partial charge is 0.264 e. The Hall–Kier alpha value is -3.52. The zero-order valence-electron chi connectivity index (χ0n) is 17.7. The van der Waals surface area contributed by atoms with Crippen molar-refractivity contribution in [2.75, 3.05) is 35.1 Å². The van der Waals surface area contributed by atoms with Crippen molar-refractivity contribution in [3.8, 4) is 5.75 Å². The molecule has 32 heavy (non-hydrogen) atoms. The van der Waals surface area contributed by atoms with Crippen molar-refractivity contribution in [2.24, 2.45) is 0 Å². The molecule has 166 valence electrons. The SMILES string of the molecule is COc1ccccc1NS(=O)(=O)c1cc(NC(=O)c2ccccc2)ccc1N1CCCC1. The van der Waals surface area contributed by atoms with E-state index in [1.807, 2.05) is 6.07 Å². The molecule has 1 amide bonds. The van der Waals surface area contributed by atoms with Gasteiger partial charge in [0.15, 0.2) is 0 Å². The Bertz CT molecular complexity index is 1210. The summed E-state index contributed by atoms with van der Waals surface area (Å²) < 4.78 is 34.8. The Kier molecular flexibility index (Phi) is 6.32. The third-order valence-corrected chi connectivity index (χ3v) is 6.74. The quantitative estimate of drug-likeness (QED) is 0.558. The zero-order chi connectivity index (χ0) is 22.6. The van der Waals surface area contributed by atoms with Crippen LogP contribution in [0, 0.1) is 0 Å². The van der Waals surface area contributed by atoms with Crippen LogP contribution in [0.25, 0.3) is 0 Å². The molecule has 7 nitrogen and oxygen atoms in total. The van der Waals surface area contributed by atoms with E-state index in [4.69, 9.17) is 4.74 Å². The Morgan fingerprint density at radius 2 is 1.62 bits per heavy atom. The first-order valence-corrected chi connectivity index (χ1v) is 11.9. The van der Waals surface area contributed by atoms with Crippen molar-refractivity contribution in [3.05, 3.63) is 78.4 Å². The van der Waals surface area contributed by atoms with Crippen LogP contribution in [0.2, 0.25) is 0 Å². The van der Waals surface area contributed by atoms with Gasteiger partial charge in [-0.15, -0.1) is 0 Å². The summed E-state index contributed by atoms with van der Waals surface area (Å²) in [5, 5.41) is 2.80. The fraction of sp³-hybridized carbons (Fsp3) is 0.208. The molecule has 1 saturated heterocycles. The molecule has 0 bridgehead atoms. The largest absolute Gasteiger partial charge is 0.495 e. The van der Waals surface area contributed by atoms with Crippen LogP contribution in [0.5, 0.6) is 5.75 Å². The molecule has 4 rings (SSSR count). The molecule has 3 aromatic rings. The van der Waals surface area contributed by atoms with Gasteiger partial charge in [-0.3, -0.25) is 9.52 Å². The summed E-state index contributed by atoms with van der Waals surface area (Å²) in [6.45, 7) is 1.57. The summed E-state index contributed by atoms with van der Waals surface area (Å²) in [5.41, 5.74) is 1.86. The second-order valence-corrected chi connectivity index (χ2v) is 9.15. The summed E-state index contributed by atoms with van der Waals surface area (Å²) >= 11 is 0. The number of carbonyl (C=O) groups is 1. The highest BCUT2D eigenvalue weighted by molar-refractivity contribution is 7.93. The van der Waals surface area contributed by atoms with Gasteiger partial charge in [-0.05, 0) is 55.3 Å². The second kappa shape index (κ2) is 9.32. The maximum Gasteiger partial charge on any atom is 0.264 e. The van der Waals surface area contributed by atoms with Crippen molar-refractivity contribution in [3.63, 3.8) is 0 Å². The van der Waals surface area contributed by atoms with Gasteiger partial charge in [0.05, 0.1) is 18.5 Å². The van der Waals surface area contributed by atoms with Crippen LogP contribution in [0.4, 0.5) is 17.1 Å². The minimum absolute atomic E-state index is 0.108. The van der Waals surface area contributed by atoms with Gasteiger partial charge in [0.25, 0.3) is 15.9 Å². The Morgan fingerprint density at radius 1 is 0.938 bits per heavy atom. The third kappa shape index (κ3) is 4.70. The van der Waals surface area contributed by atoms with Gasteiger partial charge in [0, 0.05) is 24.3 Å². The number of hydrogen-bond acceptors (Lipinski definition) is 5. The van der Waals surface area contributed by atoms with E-state index >= 15 is 0 Å². The Balaban J connectivity index is 1.70. The number of amides is 1. The van der Waals surface area contributed by atoms with E-state index < -0.39 is 10.0 Å². The molecule has 1 aliphatic heterocycles. The number of anilines is 3. The monoisotopic (exact) mass is 451 g/mol. The van der Waals surface area contributed by atoms with Crippen molar-refractivity contribution < 1.29 is 17.9 Å². The average Bonchev–Trinajstić information content (AvgIpc) is 3.34. The summed E-state index contributed by atoms with van der Waals surface area (Å²) in [5.74, 6) is 0.118. The lowest BCUT2D eigenvalue weighted by Crippen LogP contribution is -2.23. The normalized spacial score (nSPS) is 13.6. The highest BCUT2D eigenvalue weighted by Crippen LogP contribution is 2.34. The number of carbonyl (C=O) groups excluding carboxylic acids is 1. The van der Waals surface area contributed by atoms with E-state index in [9.17, 15) is 13.2 Å². The zero-order valence-corrected chi connectivity index (χ0v) is 18.6. The molecule has 0 spiro atoms. The van der Waals surface area contributed by atoms with Gasteiger partial charge < -0.3 is 15.0 Å². The number of nitrogens with one attached hydrogen (secondary N) is 2. The van der Waals surface area contributed by atoms with Crippen LogP contribution in [0.3, 0.4) is 0 Å². The van der Waals surface area contributed by atoms with Crippen molar-refractivity contribution in [1.29, 1.82) is 0 Å². The van der Waals surface area contributed by atoms with E-state index in [1.165, 1.54) is 13.2 Å². The lowest BCUT2D eigenvalue weighted by atomic mass is 10.2. The average molecular weight is 452 g/mol. The molecule has 1 fully saturated rings. The molecule has 1 heterocycles. The minimum Gasteiger partial charge on any atom is -0.495 e. The van der Waals surface area contributed by atoms with Crippen molar-refractivity contribution in [2.45, 2.75) is 17.7 Å². The highest BCUT2D eigenvalue weighted by Gasteiger charge is 2.25. The minimum atomic E-state index is -3.96. The molecule has 8 heteroatoms. The number of hydrogen-bond donors (Lipinski definition) is 2. The molecule has 0 aliphatic carbocycles. The van der Waals surface area contributed by atoms with E-state index in [1.54, 1.807) is 60.7 Å². The molecule has 3 aromatic carbocycles. The summed E-state index contributed by atoms with van der Waals surface area (Å²) in [6.07, 6.45) is 2.01. The Labute approximate surface area is 188 Å².